The fraction of sp³-hybridized carbons (Fsp3) is 0.0526. The van der Waals surface area contributed by atoms with Crippen molar-refractivity contribution in [2.75, 3.05) is 0 Å². The number of nitrogens with zero attached hydrogens (tertiary/aromatic N) is 1. The van der Waals surface area contributed by atoms with Crippen LogP contribution in [-0.4, -0.2) is 15.9 Å². The van der Waals surface area contributed by atoms with Gasteiger partial charge >= 0.3 is 5.97 Å². The summed E-state index contributed by atoms with van der Waals surface area (Å²) in [4.78, 5) is 19.8. The first-order valence-electron chi connectivity index (χ1n) is 7.85. The van der Waals surface area contributed by atoms with Gasteiger partial charge in [-0.15, -0.1) is 11.3 Å². The lowest BCUT2D eigenvalue weighted by Crippen LogP contribution is -2.06. The molecule has 0 saturated heterocycles. The Balaban J connectivity index is 1.48. The van der Waals surface area contributed by atoms with Gasteiger partial charge in [-0.3, -0.25) is 0 Å². The van der Waals surface area contributed by atoms with Crippen LogP contribution in [0.1, 0.15) is 16.2 Å². The highest BCUT2D eigenvalue weighted by Crippen LogP contribution is 2.30. The fourth-order valence-corrected chi connectivity index (χ4v) is 4.03. The molecule has 0 fully saturated rings. The summed E-state index contributed by atoms with van der Waals surface area (Å²) >= 11 is 11.1. The molecule has 2 aromatic heterocycles. The van der Waals surface area contributed by atoms with E-state index in [-0.39, 0.29) is 18.1 Å². The first-order chi connectivity index (χ1) is 13.0. The summed E-state index contributed by atoms with van der Waals surface area (Å²) in [6.07, 6.45) is 0. The van der Waals surface area contributed by atoms with E-state index in [4.69, 9.17) is 16.3 Å². The van der Waals surface area contributed by atoms with Gasteiger partial charge in [-0.2, -0.15) is 0 Å². The molecule has 27 heavy (non-hydrogen) atoms. The number of carbonyl (C=O) groups is 1. The monoisotopic (exact) mass is 464 g/mol. The molecule has 0 aliphatic rings. The Bertz CT molecular complexity index is 1140. The van der Waals surface area contributed by atoms with Crippen molar-refractivity contribution in [3.05, 3.63) is 74.5 Å². The highest BCUT2D eigenvalue weighted by molar-refractivity contribution is 9.10. The fourth-order valence-electron chi connectivity index (χ4n) is 2.58. The number of nitrogens with one attached hydrogen (secondary N) is 1. The third-order valence-corrected chi connectivity index (χ3v) is 5.72. The molecular weight excluding hydrogens is 455 g/mol. The molecule has 0 saturated carbocycles. The number of carbonyl (C=O) groups excluding carboxylic acids is 1. The van der Waals surface area contributed by atoms with E-state index in [9.17, 15) is 9.18 Å². The zero-order chi connectivity index (χ0) is 19.0. The predicted octanol–water partition coefficient (Wildman–Crippen LogP) is 6.20. The van der Waals surface area contributed by atoms with Gasteiger partial charge in [0.05, 0.1) is 10.7 Å². The second-order valence-electron chi connectivity index (χ2n) is 5.73. The van der Waals surface area contributed by atoms with Crippen molar-refractivity contribution in [3.8, 4) is 10.6 Å². The van der Waals surface area contributed by atoms with Crippen LogP contribution in [-0.2, 0) is 11.3 Å². The van der Waals surface area contributed by atoms with E-state index in [1.165, 1.54) is 23.5 Å². The number of thiazole rings is 1. The molecule has 0 radical (unpaired) electrons. The number of hydrogen-bond acceptors (Lipinski definition) is 4. The standard InChI is InChI=1S/C19H11BrClFN2O2S/c20-11-3-6-15-14(7-11)16(21)17(24-15)19(25)26-8-13-9-27-18(23-13)10-1-4-12(22)5-2-10/h1-7,9,24H,8H2. The Hall–Kier alpha value is -2.22. The summed E-state index contributed by atoms with van der Waals surface area (Å²) in [5.74, 6) is -0.852. The summed E-state index contributed by atoms with van der Waals surface area (Å²) < 4.78 is 19.2. The SMILES string of the molecule is O=C(OCc1csc(-c2ccc(F)cc2)n1)c1[nH]c2ccc(Br)cc2c1Cl. The maximum absolute atomic E-state index is 13.0. The number of aromatic nitrogens is 2. The molecule has 4 rings (SSSR count). The zero-order valence-electron chi connectivity index (χ0n) is 13.6. The Morgan fingerprint density at radius 2 is 2.04 bits per heavy atom. The van der Waals surface area contributed by atoms with Crippen molar-refractivity contribution in [2.24, 2.45) is 0 Å². The zero-order valence-corrected chi connectivity index (χ0v) is 16.8. The van der Waals surface area contributed by atoms with Crippen molar-refractivity contribution in [2.45, 2.75) is 6.61 Å². The summed E-state index contributed by atoms with van der Waals surface area (Å²) in [5.41, 5.74) is 2.38. The normalized spacial score (nSPS) is 11.1. The van der Waals surface area contributed by atoms with Crippen LogP contribution >= 0.6 is 38.9 Å². The van der Waals surface area contributed by atoms with Crippen LogP contribution in [0.25, 0.3) is 21.5 Å². The van der Waals surface area contributed by atoms with Crippen LogP contribution in [0.4, 0.5) is 4.39 Å². The van der Waals surface area contributed by atoms with Crippen LogP contribution in [0.2, 0.25) is 5.02 Å². The summed E-state index contributed by atoms with van der Waals surface area (Å²) in [7, 11) is 0. The third-order valence-electron chi connectivity index (χ3n) is 3.90. The molecule has 0 aliphatic carbocycles. The van der Waals surface area contributed by atoms with Crippen molar-refractivity contribution in [1.82, 2.24) is 9.97 Å². The van der Waals surface area contributed by atoms with Gasteiger partial charge in [0.2, 0.25) is 0 Å². The van der Waals surface area contributed by atoms with Gasteiger partial charge < -0.3 is 9.72 Å². The number of H-pyrrole nitrogens is 1. The predicted molar refractivity (Wildman–Crippen MR) is 108 cm³/mol. The van der Waals surface area contributed by atoms with E-state index in [1.807, 2.05) is 18.2 Å². The Morgan fingerprint density at radius 1 is 1.26 bits per heavy atom. The summed E-state index contributed by atoms with van der Waals surface area (Å²) in [5, 5.41) is 3.59. The highest BCUT2D eigenvalue weighted by Gasteiger charge is 2.18. The van der Waals surface area contributed by atoms with Crippen LogP contribution in [0.15, 0.2) is 52.3 Å². The minimum Gasteiger partial charge on any atom is -0.454 e. The Labute approximate surface area is 171 Å². The van der Waals surface area contributed by atoms with Crippen molar-refractivity contribution >= 4 is 55.7 Å². The first-order valence-corrected chi connectivity index (χ1v) is 9.90. The van der Waals surface area contributed by atoms with Gasteiger partial charge in [0.1, 0.15) is 23.1 Å². The van der Waals surface area contributed by atoms with Gasteiger partial charge in [0.15, 0.2) is 0 Å². The molecule has 0 unspecified atom stereocenters. The maximum Gasteiger partial charge on any atom is 0.356 e. The molecule has 0 aliphatic heterocycles. The second kappa shape index (κ2) is 7.42. The Kier molecular flexibility index (Phi) is 4.99. The number of fused-ring (bicyclic) bond motifs is 1. The van der Waals surface area contributed by atoms with Crippen molar-refractivity contribution in [3.63, 3.8) is 0 Å². The van der Waals surface area contributed by atoms with Gasteiger partial charge in [-0.05, 0) is 42.5 Å². The van der Waals surface area contributed by atoms with E-state index in [0.29, 0.717) is 10.7 Å². The lowest BCUT2D eigenvalue weighted by Gasteiger charge is -2.01. The van der Waals surface area contributed by atoms with E-state index < -0.39 is 5.97 Å². The van der Waals surface area contributed by atoms with Crippen molar-refractivity contribution in [1.29, 1.82) is 0 Å². The lowest BCUT2D eigenvalue weighted by molar-refractivity contribution is 0.0463. The van der Waals surface area contributed by atoms with Gasteiger partial charge in [-0.1, -0.05) is 27.5 Å². The lowest BCUT2D eigenvalue weighted by atomic mass is 10.2. The van der Waals surface area contributed by atoms with E-state index in [2.05, 4.69) is 25.9 Å². The summed E-state index contributed by atoms with van der Waals surface area (Å²) in [6, 6.07) is 11.6. The minimum atomic E-state index is -0.552. The minimum absolute atomic E-state index is 0.0198. The third kappa shape index (κ3) is 3.76. The largest absolute Gasteiger partial charge is 0.454 e. The second-order valence-corrected chi connectivity index (χ2v) is 7.88. The highest BCUT2D eigenvalue weighted by atomic mass is 79.9. The van der Waals surface area contributed by atoms with Crippen molar-refractivity contribution < 1.29 is 13.9 Å². The number of benzene rings is 2. The summed E-state index contributed by atoms with van der Waals surface area (Å²) in [6.45, 7) is 0.0198. The van der Waals surface area contributed by atoms with Crippen LogP contribution in [0.5, 0.6) is 0 Å². The molecule has 4 aromatic rings. The molecule has 0 bridgehead atoms. The van der Waals surface area contributed by atoms with E-state index >= 15 is 0 Å². The topological polar surface area (TPSA) is 55.0 Å². The molecule has 2 aromatic carbocycles. The number of esters is 1. The van der Waals surface area contributed by atoms with E-state index in [0.717, 1.165) is 25.9 Å². The van der Waals surface area contributed by atoms with Crippen LogP contribution in [0, 0.1) is 5.82 Å². The molecule has 8 heteroatoms. The number of halogens is 3. The molecule has 1 N–H and O–H groups in total. The molecule has 0 spiro atoms. The number of ether oxygens (including phenoxy) is 1. The Morgan fingerprint density at radius 3 is 2.81 bits per heavy atom. The molecule has 4 nitrogen and oxygen atoms in total. The number of hydrogen-bond donors (Lipinski definition) is 1. The average molecular weight is 466 g/mol. The quantitative estimate of drug-likeness (QED) is 0.365. The molecular formula is C19H11BrClFN2O2S. The maximum atomic E-state index is 13.0. The van der Waals surface area contributed by atoms with Gasteiger partial charge in [0.25, 0.3) is 0 Å². The first kappa shape index (κ1) is 18.2. The molecule has 0 atom stereocenters. The number of aromatic amines is 1. The molecule has 0 amide bonds. The number of rotatable bonds is 4. The van der Waals surface area contributed by atoms with E-state index in [1.54, 1.807) is 17.5 Å². The van der Waals surface area contributed by atoms with Crippen LogP contribution in [0.3, 0.4) is 0 Å². The van der Waals surface area contributed by atoms with Gasteiger partial charge in [0, 0.05) is 26.3 Å². The smallest absolute Gasteiger partial charge is 0.356 e. The average Bonchev–Trinajstić information content (AvgIpc) is 3.26. The molecule has 136 valence electrons. The molecule has 2 heterocycles. The van der Waals surface area contributed by atoms with Crippen LogP contribution < -0.4 is 0 Å². The van der Waals surface area contributed by atoms with Gasteiger partial charge in [-0.25, -0.2) is 14.2 Å².